The van der Waals surface area contributed by atoms with Gasteiger partial charge in [0.25, 0.3) is 0 Å². The molecule has 3 nitrogen and oxygen atoms in total. The molecule has 1 amide bonds. The van der Waals surface area contributed by atoms with Crippen molar-refractivity contribution in [2.24, 2.45) is 0 Å². The number of benzene rings is 1. The molecular weight excluding hydrogens is 343 g/mol. The molecule has 2 aromatic rings. The Morgan fingerprint density at radius 3 is 2.77 bits per heavy atom. The molecule has 0 aliphatic heterocycles. The van der Waals surface area contributed by atoms with E-state index >= 15 is 0 Å². The van der Waals surface area contributed by atoms with E-state index in [0.717, 1.165) is 10.0 Å². The molecule has 0 atom stereocenters. The van der Waals surface area contributed by atoms with Crippen LogP contribution in [0.2, 0.25) is 5.02 Å². The molecule has 2 rings (SSSR count). The molecule has 1 aromatic carbocycles. The predicted octanol–water partition coefficient (Wildman–Crippen LogP) is 4.96. The van der Waals surface area contributed by atoms with Gasteiger partial charge >= 0.3 is 0 Å². The molecule has 0 aliphatic rings. The van der Waals surface area contributed by atoms with Crippen LogP contribution in [-0.4, -0.2) is 16.6 Å². The lowest BCUT2D eigenvalue weighted by atomic mass is 9.93. The SMILES string of the molecule is CC(C)(C)c1csc(SCC(=O)Nc2ccc(F)c(Cl)c2)n1. The topological polar surface area (TPSA) is 42.0 Å². The van der Waals surface area contributed by atoms with Gasteiger partial charge in [-0.25, -0.2) is 9.37 Å². The van der Waals surface area contributed by atoms with E-state index in [4.69, 9.17) is 11.6 Å². The number of aromatic nitrogens is 1. The first kappa shape index (κ1) is 17.2. The van der Waals surface area contributed by atoms with Gasteiger partial charge in [-0.3, -0.25) is 4.79 Å². The highest BCUT2D eigenvalue weighted by Crippen LogP contribution is 2.29. The first-order valence-electron chi connectivity index (χ1n) is 6.59. The fourth-order valence-electron chi connectivity index (χ4n) is 1.57. The van der Waals surface area contributed by atoms with Crippen LogP contribution in [0.25, 0.3) is 0 Å². The maximum absolute atomic E-state index is 13.0. The number of hydrogen-bond donors (Lipinski definition) is 1. The molecule has 0 bridgehead atoms. The highest BCUT2D eigenvalue weighted by atomic mass is 35.5. The van der Waals surface area contributed by atoms with Gasteiger partial charge in [-0.05, 0) is 18.2 Å². The van der Waals surface area contributed by atoms with Gasteiger partial charge in [0.1, 0.15) is 5.82 Å². The Morgan fingerprint density at radius 2 is 2.18 bits per heavy atom. The summed E-state index contributed by atoms with van der Waals surface area (Å²) >= 11 is 8.59. The summed E-state index contributed by atoms with van der Waals surface area (Å²) in [5.74, 6) is -0.446. The highest BCUT2D eigenvalue weighted by Gasteiger charge is 2.18. The molecule has 0 spiro atoms. The van der Waals surface area contributed by atoms with Crippen molar-refractivity contribution in [2.45, 2.75) is 30.5 Å². The van der Waals surface area contributed by atoms with E-state index in [-0.39, 0.29) is 22.1 Å². The summed E-state index contributed by atoms with van der Waals surface area (Å²) in [4.78, 5) is 16.4. The van der Waals surface area contributed by atoms with Gasteiger partial charge in [0.15, 0.2) is 4.34 Å². The summed E-state index contributed by atoms with van der Waals surface area (Å²) < 4.78 is 13.9. The van der Waals surface area contributed by atoms with Crippen molar-refractivity contribution in [3.05, 3.63) is 40.1 Å². The van der Waals surface area contributed by atoms with Crippen molar-refractivity contribution in [2.75, 3.05) is 11.1 Å². The highest BCUT2D eigenvalue weighted by molar-refractivity contribution is 8.01. The lowest BCUT2D eigenvalue weighted by Crippen LogP contribution is -2.14. The molecule has 1 heterocycles. The second-order valence-electron chi connectivity index (χ2n) is 5.71. The maximum atomic E-state index is 13.0. The summed E-state index contributed by atoms with van der Waals surface area (Å²) in [6, 6.07) is 4.09. The third kappa shape index (κ3) is 4.69. The smallest absolute Gasteiger partial charge is 0.234 e. The Bertz CT molecular complexity index is 682. The Kier molecular flexibility index (Phi) is 5.47. The summed E-state index contributed by atoms with van der Waals surface area (Å²) in [7, 11) is 0. The fraction of sp³-hybridized carbons (Fsp3) is 0.333. The molecule has 0 saturated carbocycles. The van der Waals surface area contributed by atoms with Gasteiger partial charge in [-0.2, -0.15) is 0 Å². The van der Waals surface area contributed by atoms with Crippen molar-refractivity contribution < 1.29 is 9.18 Å². The van der Waals surface area contributed by atoms with Crippen LogP contribution in [-0.2, 0) is 10.2 Å². The molecule has 7 heteroatoms. The number of anilines is 1. The lowest BCUT2D eigenvalue weighted by molar-refractivity contribution is -0.113. The van der Waals surface area contributed by atoms with Gasteiger partial charge in [-0.15, -0.1) is 11.3 Å². The van der Waals surface area contributed by atoms with Gasteiger partial charge in [0.2, 0.25) is 5.91 Å². The van der Waals surface area contributed by atoms with Gasteiger partial charge in [0.05, 0.1) is 16.5 Å². The van der Waals surface area contributed by atoms with Gasteiger partial charge in [0, 0.05) is 16.5 Å². The summed E-state index contributed by atoms with van der Waals surface area (Å²) in [6.45, 7) is 6.30. The number of hydrogen-bond acceptors (Lipinski definition) is 4. The van der Waals surface area contributed by atoms with Crippen LogP contribution in [0.15, 0.2) is 27.9 Å². The van der Waals surface area contributed by atoms with E-state index in [1.165, 1.54) is 41.3 Å². The van der Waals surface area contributed by atoms with Crippen LogP contribution >= 0.6 is 34.7 Å². The Hall–Kier alpha value is -1.11. The minimum absolute atomic E-state index is 0.00241. The van der Waals surface area contributed by atoms with Crippen molar-refractivity contribution in [3.8, 4) is 0 Å². The van der Waals surface area contributed by atoms with Crippen LogP contribution < -0.4 is 5.32 Å². The van der Waals surface area contributed by atoms with Crippen LogP contribution in [0.1, 0.15) is 26.5 Å². The average molecular weight is 359 g/mol. The van der Waals surface area contributed by atoms with E-state index in [2.05, 4.69) is 31.1 Å². The van der Waals surface area contributed by atoms with Gasteiger partial charge in [-0.1, -0.05) is 44.1 Å². The number of thioether (sulfide) groups is 1. The molecule has 0 radical (unpaired) electrons. The monoisotopic (exact) mass is 358 g/mol. The molecule has 0 aliphatic carbocycles. The zero-order valence-corrected chi connectivity index (χ0v) is 14.8. The Morgan fingerprint density at radius 1 is 1.45 bits per heavy atom. The number of amides is 1. The average Bonchev–Trinajstić information content (AvgIpc) is 2.89. The number of nitrogens with zero attached hydrogens (tertiary/aromatic N) is 1. The zero-order valence-electron chi connectivity index (χ0n) is 12.4. The minimum atomic E-state index is -0.508. The summed E-state index contributed by atoms with van der Waals surface area (Å²) in [6.07, 6.45) is 0. The van der Waals surface area contributed by atoms with Crippen molar-refractivity contribution in [1.29, 1.82) is 0 Å². The molecule has 0 fully saturated rings. The molecule has 118 valence electrons. The maximum Gasteiger partial charge on any atom is 0.234 e. The second-order valence-corrected chi connectivity index (χ2v) is 8.20. The predicted molar refractivity (Wildman–Crippen MR) is 91.6 cm³/mol. The van der Waals surface area contributed by atoms with Crippen molar-refractivity contribution in [3.63, 3.8) is 0 Å². The van der Waals surface area contributed by atoms with Gasteiger partial charge < -0.3 is 5.32 Å². The summed E-state index contributed by atoms with van der Waals surface area (Å²) in [5.41, 5.74) is 1.50. The fourth-order valence-corrected chi connectivity index (χ4v) is 3.60. The van der Waals surface area contributed by atoms with E-state index < -0.39 is 5.82 Å². The quantitative estimate of drug-likeness (QED) is 0.785. The van der Waals surface area contributed by atoms with Crippen molar-refractivity contribution in [1.82, 2.24) is 4.98 Å². The molecular formula is C15H16ClFN2OS2. The van der Waals surface area contributed by atoms with E-state index in [1.54, 1.807) is 0 Å². The van der Waals surface area contributed by atoms with Crippen LogP contribution in [0.3, 0.4) is 0 Å². The molecule has 1 N–H and O–H groups in total. The minimum Gasteiger partial charge on any atom is -0.325 e. The largest absolute Gasteiger partial charge is 0.325 e. The first-order valence-corrected chi connectivity index (χ1v) is 8.84. The standard InChI is InChI=1S/C15H16ClFN2OS2/c1-15(2,3)12-7-21-14(19-12)22-8-13(20)18-9-4-5-11(17)10(16)6-9/h4-7H,8H2,1-3H3,(H,18,20). The molecule has 0 saturated heterocycles. The number of carbonyl (C=O) groups excluding carboxylic acids is 1. The normalized spacial score (nSPS) is 11.5. The zero-order chi connectivity index (χ0) is 16.3. The number of thiazole rings is 1. The van der Waals surface area contributed by atoms with Crippen LogP contribution in [0.4, 0.5) is 10.1 Å². The molecule has 0 unspecified atom stereocenters. The van der Waals surface area contributed by atoms with Crippen LogP contribution in [0.5, 0.6) is 0 Å². The Balaban J connectivity index is 1.90. The van der Waals surface area contributed by atoms with E-state index in [1.807, 2.05) is 5.38 Å². The van der Waals surface area contributed by atoms with E-state index in [9.17, 15) is 9.18 Å². The van der Waals surface area contributed by atoms with Crippen molar-refractivity contribution >= 4 is 46.3 Å². The third-order valence-electron chi connectivity index (χ3n) is 2.78. The molecule has 22 heavy (non-hydrogen) atoms. The Labute approximate surface area is 142 Å². The number of nitrogens with one attached hydrogen (secondary N) is 1. The first-order chi connectivity index (χ1) is 10.3. The number of halogens is 2. The summed E-state index contributed by atoms with van der Waals surface area (Å²) in [5, 5.41) is 4.68. The lowest BCUT2D eigenvalue weighted by Gasteiger charge is -2.14. The van der Waals surface area contributed by atoms with Crippen LogP contribution in [0, 0.1) is 5.82 Å². The number of carbonyl (C=O) groups is 1. The second kappa shape index (κ2) is 6.98. The van der Waals surface area contributed by atoms with E-state index in [0.29, 0.717) is 5.69 Å². The number of rotatable bonds is 4. The molecule has 1 aromatic heterocycles. The third-order valence-corrected chi connectivity index (χ3v) is 5.09.